The highest BCUT2D eigenvalue weighted by Gasteiger charge is 2.21. The van der Waals surface area contributed by atoms with Crippen LogP contribution in [0.4, 0.5) is 0 Å². The first kappa shape index (κ1) is 16.2. The van der Waals surface area contributed by atoms with E-state index >= 15 is 0 Å². The summed E-state index contributed by atoms with van der Waals surface area (Å²) in [7, 11) is 0. The lowest BCUT2D eigenvalue weighted by Gasteiger charge is -2.20. The molecule has 4 nitrogen and oxygen atoms in total. The molecule has 1 amide bonds. The fourth-order valence-corrected chi connectivity index (χ4v) is 1.69. The second-order valence-electron chi connectivity index (χ2n) is 5.90. The number of nitrogens with one attached hydrogen (secondary N) is 1. The van der Waals surface area contributed by atoms with Gasteiger partial charge < -0.3 is 10.1 Å². The van der Waals surface area contributed by atoms with Crippen molar-refractivity contribution in [2.24, 2.45) is 5.92 Å². The number of hydrogen-bond donors (Lipinski definition) is 1. The largest absolute Gasteiger partial charge is 0.460 e. The molecule has 0 saturated heterocycles. The van der Waals surface area contributed by atoms with Crippen molar-refractivity contribution in [3.63, 3.8) is 0 Å². The van der Waals surface area contributed by atoms with Crippen molar-refractivity contribution >= 4 is 11.9 Å². The van der Waals surface area contributed by atoms with E-state index in [9.17, 15) is 9.59 Å². The molecular formula is C16H23NO3. The number of amides is 1. The van der Waals surface area contributed by atoms with Gasteiger partial charge in [0.25, 0.3) is 0 Å². The van der Waals surface area contributed by atoms with Crippen molar-refractivity contribution in [1.29, 1.82) is 0 Å². The van der Waals surface area contributed by atoms with Crippen LogP contribution in [0.5, 0.6) is 0 Å². The first-order chi connectivity index (χ1) is 9.28. The van der Waals surface area contributed by atoms with Crippen molar-refractivity contribution in [3.8, 4) is 0 Å². The average molecular weight is 277 g/mol. The third kappa shape index (κ3) is 6.36. The van der Waals surface area contributed by atoms with Crippen LogP contribution in [0.25, 0.3) is 0 Å². The Labute approximate surface area is 120 Å². The minimum Gasteiger partial charge on any atom is -0.460 e. The monoisotopic (exact) mass is 277 g/mol. The molecule has 0 heterocycles. The molecule has 0 fully saturated rings. The molecule has 20 heavy (non-hydrogen) atoms. The Hall–Kier alpha value is -1.84. The summed E-state index contributed by atoms with van der Waals surface area (Å²) >= 11 is 0. The molecule has 0 aliphatic carbocycles. The Bertz CT molecular complexity index is 449. The second-order valence-corrected chi connectivity index (χ2v) is 5.90. The molecule has 0 radical (unpaired) electrons. The summed E-state index contributed by atoms with van der Waals surface area (Å²) in [5, 5.41) is 2.82. The molecule has 1 N–H and O–H groups in total. The van der Waals surface area contributed by atoms with Gasteiger partial charge in [-0.05, 0) is 26.3 Å². The van der Waals surface area contributed by atoms with E-state index in [1.165, 1.54) is 0 Å². The molecule has 0 spiro atoms. The molecule has 0 aliphatic heterocycles. The van der Waals surface area contributed by atoms with Crippen LogP contribution < -0.4 is 5.32 Å². The molecule has 0 saturated carbocycles. The summed E-state index contributed by atoms with van der Waals surface area (Å²) in [6.45, 7) is 7.63. The van der Waals surface area contributed by atoms with Crippen LogP contribution in [0.2, 0.25) is 0 Å². The van der Waals surface area contributed by atoms with Crippen molar-refractivity contribution in [2.45, 2.75) is 46.3 Å². The van der Waals surface area contributed by atoms with Gasteiger partial charge in [-0.2, -0.15) is 0 Å². The molecule has 0 aliphatic rings. The minimum atomic E-state index is -0.517. The average Bonchev–Trinajstić information content (AvgIpc) is 2.34. The zero-order chi connectivity index (χ0) is 15.2. The minimum absolute atomic E-state index is 0.0951. The Morgan fingerprint density at radius 3 is 2.35 bits per heavy atom. The molecule has 4 heteroatoms. The van der Waals surface area contributed by atoms with Crippen molar-refractivity contribution < 1.29 is 14.3 Å². The lowest BCUT2D eigenvalue weighted by atomic mass is 10.1. The van der Waals surface area contributed by atoms with Gasteiger partial charge in [0.1, 0.15) is 5.60 Å². The quantitative estimate of drug-likeness (QED) is 0.842. The first-order valence-electron chi connectivity index (χ1n) is 6.81. The van der Waals surface area contributed by atoms with Gasteiger partial charge in [0.15, 0.2) is 0 Å². The third-order valence-corrected chi connectivity index (χ3v) is 2.65. The van der Waals surface area contributed by atoms with Crippen LogP contribution in [-0.4, -0.2) is 17.5 Å². The van der Waals surface area contributed by atoms with E-state index in [0.717, 1.165) is 5.56 Å². The van der Waals surface area contributed by atoms with Gasteiger partial charge in [0.05, 0.1) is 6.42 Å². The molecule has 1 rings (SSSR count). The Morgan fingerprint density at radius 1 is 1.20 bits per heavy atom. The maximum absolute atomic E-state index is 11.9. The van der Waals surface area contributed by atoms with Gasteiger partial charge in [-0.3, -0.25) is 9.59 Å². The van der Waals surface area contributed by atoms with E-state index in [4.69, 9.17) is 4.74 Å². The lowest BCUT2D eigenvalue weighted by Crippen LogP contribution is -2.32. The summed E-state index contributed by atoms with van der Waals surface area (Å²) in [6.07, 6.45) is 0.0951. The van der Waals surface area contributed by atoms with E-state index in [1.54, 1.807) is 6.92 Å². The van der Waals surface area contributed by atoms with Crippen LogP contribution >= 0.6 is 0 Å². The smallest absolute Gasteiger partial charge is 0.307 e. The van der Waals surface area contributed by atoms with Gasteiger partial charge >= 0.3 is 5.97 Å². The third-order valence-electron chi connectivity index (χ3n) is 2.65. The highest BCUT2D eigenvalue weighted by atomic mass is 16.6. The van der Waals surface area contributed by atoms with E-state index in [2.05, 4.69) is 5.32 Å². The van der Waals surface area contributed by atoms with Gasteiger partial charge in [0, 0.05) is 12.5 Å². The highest BCUT2D eigenvalue weighted by Crippen LogP contribution is 2.12. The number of rotatable bonds is 5. The molecule has 1 aromatic rings. The molecule has 1 aromatic carbocycles. The Balaban J connectivity index is 2.38. The van der Waals surface area contributed by atoms with Crippen LogP contribution in [-0.2, 0) is 20.9 Å². The normalized spacial score (nSPS) is 12.6. The van der Waals surface area contributed by atoms with Crippen molar-refractivity contribution in [2.75, 3.05) is 0 Å². The van der Waals surface area contributed by atoms with Crippen molar-refractivity contribution in [1.82, 2.24) is 5.32 Å². The topological polar surface area (TPSA) is 55.4 Å². The number of benzene rings is 1. The summed E-state index contributed by atoms with van der Waals surface area (Å²) < 4.78 is 5.20. The first-order valence-corrected chi connectivity index (χ1v) is 6.81. The van der Waals surface area contributed by atoms with Crippen molar-refractivity contribution in [3.05, 3.63) is 35.9 Å². The zero-order valence-electron chi connectivity index (χ0n) is 12.6. The molecule has 0 bridgehead atoms. The number of carbonyl (C=O) groups is 2. The van der Waals surface area contributed by atoms with Gasteiger partial charge in [-0.25, -0.2) is 0 Å². The van der Waals surface area contributed by atoms with Gasteiger partial charge in [-0.1, -0.05) is 37.3 Å². The highest BCUT2D eigenvalue weighted by molar-refractivity contribution is 5.83. The van der Waals surface area contributed by atoms with Crippen LogP contribution in [0, 0.1) is 5.92 Å². The summed E-state index contributed by atoms with van der Waals surface area (Å²) in [5.41, 5.74) is 0.516. The fraction of sp³-hybridized carbons (Fsp3) is 0.500. The van der Waals surface area contributed by atoms with E-state index < -0.39 is 11.5 Å². The Morgan fingerprint density at radius 2 is 1.80 bits per heavy atom. The molecular weight excluding hydrogens is 254 g/mol. The Kier molecular flexibility index (Phi) is 5.74. The number of carbonyl (C=O) groups excluding carboxylic acids is 2. The predicted molar refractivity (Wildman–Crippen MR) is 77.9 cm³/mol. The predicted octanol–water partition coefficient (Wildman–Crippen LogP) is 2.67. The standard InChI is InChI=1S/C16H23NO3/c1-12(10-14(18)20-16(2,3)4)15(19)17-11-13-8-6-5-7-9-13/h5-9,12H,10-11H2,1-4H3,(H,17,19)/t12-/m0/s1. The second kappa shape index (κ2) is 7.08. The van der Waals surface area contributed by atoms with Gasteiger partial charge in [0.2, 0.25) is 5.91 Å². The van der Waals surface area contributed by atoms with Crippen LogP contribution in [0.3, 0.4) is 0 Å². The van der Waals surface area contributed by atoms with Crippen LogP contribution in [0.15, 0.2) is 30.3 Å². The zero-order valence-corrected chi connectivity index (χ0v) is 12.6. The van der Waals surface area contributed by atoms with E-state index in [1.807, 2.05) is 51.1 Å². The summed E-state index contributed by atoms with van der Waals surface area (Å²) in [6, 6.07) is 9.66. The lowest BCUT2D eigenvalue weighted by molar-refractivity contribution is -0.157. The maximum atomic E-state index is 11.9. The maximum Gasteiger partial charge on any atom is 0.307 e. The van der Waals surface area contributed by atoms with Gasteiger partial charge in [-0.15, -0.1) is 0 Å². The molecule has 1 atom stereocenters. The molecule has 110 valence electrons. The number of ether oxygens (including phenoxy) is 1. The van der Waals surface area contributed by atoms with E-state index in [-0.39, 0.29) is 18.3 Å². The summed E-state index contributed by atoms with van der Waals surface area (Å²) in [5.74, 6) is -0.881. The molecule has 0 unspecified atom stereocenters. The molecule has 0 aromatic heterocycles. The SMILES string of the molecule is C[C@@H](CC(=O)OC(C)(C)C)C(=O)NCc1ccccc1. The number of hydrogen-bond acceptors (Lipinski definition) is 3. The fourth-order valence-electron chi connectivity index (χ4n) is 1.69. The van der Waals surface area contributed by atoms with E-state index in [0.29, 0.717) is 6.54 Å². The summed E-state index contributed by atoms with van der Waals surface area (Å²) in [4.78, 5) is 23.5. The van der Waals surface area contributed by atoms with Crippen LogP contribution in [0.1, 0.15) is 39.7 Å². The number of esters is 1.